The number of hydrogen-bond donors (Lipinski definition) is 2. The van der Waals surface area contributed by atoms with Gasteiger partial charge in [0, 0.05) is 19.0 Å². The number of carbonyl (C=O) groups is 2. The van der Waals surface area contributed by atoms with Crippen LogP contribution in [0.25, 0.3) is 0 Å². The Morgan fingerprint density at radius 3 is 2.83 bits per heavy atom. The number of halogens is 1. The molecule has 0 spiro atoms. The smallest absolute Gasteiger partial charge is 0.265 e. The van der Waals surface area contributed by atoms with Gasteiger partial charge < -0.3 is 20.3 Å². The number of benzene rings is 1. The summed E-state index contributed by atoms with van der Waals surface area (Å²) in [5.74, 6) is 0.595. The van der Waals surface area contributed by atoms with E-state index < -0.39 is 0 Å². The van der Waals surface area contributed by atoms with E-state index in [2.05, 4.69) is 10.6 Å². The molecule has 0 atom stereocenters. The molecular formula is C16H22ClN3O3. The predicted molar refractivity (Wildman–Crippen MR) is 90.2 cm³/mol. The van der Waals surface area contributed by atoms with Crippen molar-refractivity contribution in [3.05, 3.63) is 24.3 Å². The molecule has 1 fully saturated rings. The standard InChI is InChI=1S/C16H21N3O3.ClH/c20-15(18-12-5-8-17-9-6-12)7-10-19-13-3-1-2-4-14(13)22-11-16(19)21;/h1-4,12,17H,5-11H2,(H,18,20);1H. The second-order valence-corrected chi connectivity index (χ2v) is 5.64. The van der Waals surface area contributed by atoms with Gasteiger partial charge in [-0.2, -0.15) is 0 Å². The van der Waals surface area contributed by atoms with Gasteiger partial charge in [-0.1, -0.05) is 12.1 Å². The Hall–Kier alpha value is -1.79. The van der Waals surface area contributed by atoms with Crippen LogP contribution in [0.1, 0.15) is 19.3 Å². The zero-order chi connectivity index (χ0) is 15.4. The number of amides is 2. The summed E-state index contributed by atoms with van der Waals surface area (Å²) in [7, 11) is 0. The molecule has 1 aromatic rings. The Balaban J connectivity index is 0.00000192. The van der Waals surface area contributed by atoms with Crippen LogP contribution >= 0.6 is 12.4 Å². The minimum Gasteiger partial charge on any atom is -0.482 e. The van der Waals surface area contributed by atoms with Crippen molar-refractivity contribution in [1.82, 2.24) is 10.6 Å². The highest BCUT2D eigenvalue weighted by Gasteiger charge is 2.25. The van der Waals surface area contributed by atoms with E-state index in [1.54, 1.807) is 4.90 Å². The second kappa shape index (κ2) is 8.17. The lowest BCUT2D eigenvalue weighted by Crippen LogP contribution is -2.45. The molecule has 2 aliphatic rings. The predicted octanol–water partition coefficient (Wildman–Crippen LogP) is 1.09. The van der Waals surface area contributed by atoms with E-state index >= 15 is 0 Å². The number of anilines is 1. The van der Waals surface area contributed by atoms with Gasteiger partial charge in [0.05, 0.1) is 5.69 Å². The number of fused-ring (bicyclic) bond motifs is 1. The average molecular weight is 340 g/mol. The fraction of sp³-hybridized carbons (Fsp3) is 0.500. The Morgan fingerprint density at radius 2 is 2.04 bits per heavy atom. The molecule has 0 radical (unpaired) electrons. The molecule has 6 nitrogen and oxygen atoms in total. The second-order valence-electron chi connectivity index (χ2n) is 5.64. The van der Waals surface area contributed by atoms with E-state index in [9.17, 15) is 9.59 Å². The lowest BCUT2D eigenvalue weighted by molar-refractivity contribution is -0.122. The van der Waals surface area contributed by atoms with E-state index in [0.717, 1.165) is 31.6 Å². The number of piperidine rings is 1. The zero-order valence-corrected chi connectivity index (χ0v) is 13.7. The summed E-state index contributed by atoms with van der Waals surface area (Å²) in [6, 6.07) is 7.67. The van der Waals surface area contributed by atoms with Gasteiger partial charge in [-0.05, 0) is 38.1 Å². The van der Waals surface area contributed by atoms with Crippen LogP contribution < -0.4 is 20.3 Å². The van der Waals surface area contributed by atoms with Crippen molar-refractivity contribution in [1.29, 1.82) is 0 Å². The monoisotopic (exact) mass is 339 g/mol. The third-order valence-corrected chi connectivity index (χ3v) is 4.07. The molecule has 0 saturated carbocycles. The number of ether oxygens (including phenoxy) is 1. The molecule has 2 N–H and O–H groups in total. The minimum absolute atomic E-state index is 0. The summed E-state index contributed by atoms with van der Waals surface area (Å²) in [4.78, 5) is 25.7. The minimum atomic E-state index is -0.103. The van der Waals surface area contributed by atoms with E-state index in [0.29, 0.717) is 18.7 Å². The van der Waals surface area contributed by atoms with Crippen molar-refractivity contribution < 1.29 is 14.3 Å². The molecule has 2 aliphatic heterocycles. The van der Waals surface area contributed by atoms with Crippen molar-refractivity contribution in [3.63, 3.8) is 0 Å². The van der Waals surface area contributed by atoms with Crippen LogP contribution in [0.5, 0.6) is 5.75 Å². The fourth-order valence-corrected chi connectivity index (χ4v) is 2.88. The number of hydrogen-bond acceptors (Lipinski definition) is 4. The Labute approximate surface area is 142 Å². The topological polar surface area (TPSA) is 70.7 Å². The van der Waals surface area contributed by atoms with Gasteiger partial charge in [-0.3, -0.25) is 9.59 Å². The molecule has 23 heavy (non-hydrogen) atoms. The van der Waals surface area contributed by atoms with Crippen molar-refractivity contribution in [2.45, 2.75) is 25.3 Å². The molecule has 1 aromatic carbocycles. The summed E-state index contributed by atoms with van der Waals surface area (Å²) >= 11 is 0. The summed E-state index contributed by atoms with van der Waals surface area (Å²) in [5, 5.41) is 6.32. The van der Waals surface area contributed by atoms with Crippen LogP contribution in [0.15, 0.2) is 24.3 Å². The average Bonchev–Trinajstić information content (AvgIpc) is 2.55. The molecule has 0 aromatic heterocycles. The van der Waals surface area contributed by atoms with Gasteiger partial charge in [0.25, 0.3) is 5.91 Å². The van der Waals surface area contributed by atoms with Gasteiger partial charge >= 0.3 is 0 Å². The maximum Gasteiger partial charge on any atom is 0.265 e. The third kappa shape index (κ3) is 4.36. The van der Waals surface area contributed by atoms with E-state index in [1.807, 2.05) is 24.3 Å². The Morgan fingerprint density at radius 1 is 1.30 bits per heavy atom. The summed E-state index contributed by atoms with van der Waals surface area (Å²) in [6.07, 6.45) is 2.24. The molecule has 1 saturated heterocycles. The molecule has 2 heterocycles. The maximum absolute atomic E-state index is 12.1. The molecular weight excluding hydrogens is 318 g/mol. The molecule has 126 valence electrons. The molecule has 0 unspecified atom stereocenters. The number of para-hydroxylation sites is 2. The van der Waals surface area contributed by atoms with Crippen molar-refractivity contribution >= 4 is 29.9 Å². The van der Waals surface area contributed by atoms with Crippen LogP contribution in [-0.2, 0) is 9.59 Å². The third-order valence-electron chi connectivity index (χ3n) is 4.07. The number of carbonyl (C=O) groups excluding carboxylic acids is 2. The van der Waals surface area contributed by atoms with Gasteiger partial charge in [0.15, 0.2) is 6.61 Å². The Bertz CT molecular complexity index is 561. The first-order valence-electron chi connectivity index (χ1n) is 7.76. The van der Waals surface area contributed by atoms with E-state index in [4.69, 9.17) is 4.74 Å². The van der Waals surface area contributed by atoms with E-state index in [-0.39, 0.29) is 36.9 Å². The first-order chi connectivity index (χ1) is 10.7. The van der Waals surface area contributed by atoms with Crippen molar-refractivity contribution in [2.75, 3.05) is 31.1 Å². The highest BCUT2D eigenvalue weighted by Crippen LogP contribution is 2.31. The number of nitrogens with one attached hydrogen (secondary N) is 2. The highest BCUT2D eigenvalue weighted by atomic mass is 35.5. The Kier molecular flexibility index (Phi) is 6.24. The first kappa shape index (κ1) is 17.6. The SMILES string of the molecule is Cl.O=C(CCN1C(=O)COc2ccccc21)NC1CCNCC1. The van der Waals surface area contributed by atoms with Gasteiger partial charge in [0.2, 0.25) is 5.91 Å². The molecule has 0 aliphatic carbocycles. The lowest BCUT2D eigenvalue weighted by atomic mass is 10.1. The van der Waals surface area contributed by atoms with Crippen LogP contribution in [-0.4, -0.2) is 44.1 Å². The summed E-state index contributed by atoms with van der Waals surface area (Å²) in [6.45, 7) is 2.31. The number of rotatable bonds is 4. The van der Waals surface area contributed by atoms with E-state index in [1.165, 1.54) is 0 Å². The maximum atomic E-state index is 12.1. The van der Waals surface area contributed by atoms with Crippen molar-refractivity contribution in [3.8, 4) is 5.75 Å². The molecule has 7 heteroatoms. The van der Waals surface area contributed by atoms with Crippen LogP contribution in [0, 0.1) is 0 Å². The zero-order valence-electron chi connectivity index (χ0n) is 12.9. The van der Waals surface area contributed by atoms with Gasteiger partial charge in [0.1, 0.15) is 5.75 Å². The van der Waals surface area contributed by atoms with Gasteiger partial charge in [-0.15, -0.1) is 12.4 Å². The van der Waals surface area contributed by atoms with Crippen LogP contribution in [0.4, 0.5) is 5.69 Å². The van der Waals surface area contributed by atoms with Crippen LogP contribution in [0.3, 0.4) is 0 Å². The fourth-order valence-electron chi connectivity index (χ4n) is 2.88. The molecule has 3 rings (SSSR count). The number of nitrogens with zero attached hydrogens (tertiary/aromatic N) is 1. The molecule has 0 bridgehead atoms. The largest absolute Gasteiger partial charge is 0.482 e. The summed E-state index contributed by atoms with van der Waals surface area (Å²) < 4.78 is 5.40. The normalized spacial score (nSPS) is 17.7. The van der Waals surface area contributed by atoms with Gasteiger partial charge in [-0.25, -0.2) is 0 Å². The quantitative estimate of drug-likeness (QED) is 0.861. The summed E-state index contributed by atoms with van der Waals surface area (Å²) in [5.41, 5.74) is 0.744. The molecule has 2 amide bonds. The lowest BCUT2D eigenvalue weighted by Gasteiger charge is -2.29. The highest BCUT2D eigenvalue weighted by molar-refractivity contribution is 5.98. The first-order valence-corrected chi connectivity index (χ1v) is 7.76. The van der Waals surface area contributed by atoms with Crippen molar-refractivity contribution in [2.24, 2.45) is 0 Å². The van der Waals surface area contributed by atoms with Crippen LogP contribution in [0.2, 0.25) is 0 Å².